The standard InChI is InChI=1S/C13H16BrN3OS/c1-9-12(14)10(2)17(13(18)16-9)6-5-15-8-11-4-3-7-19-11/h3-4,7,15H,5-6,8H2,1-2H3. The van der Waals surface area contributed by atoms with Crippen LogP contribution >= 0.6 is 27.3 Å². The molecule has 1 N–H and O–H groups in total. The molecular weight excluding hydrogens is 326 g/mol. The lowest BCUT2D eigenvalue weighted by Gasteiger charge is -2.12. The Morgan fingerprint density at radius 2 is 2.26 bits per heavy atom. The molecule has 0 spiro atoms. The second kappa shape index (κ2) is 6.45. The van der Waals surface area contributed by atoms with Gasteiger partial charge in [-0.15, -0.1) is 11.3 Å². The Kier molecular flexibility index (Phi) is 4.90. The third kappa shape index (κ3) is 3.52. The second-order valence-electron chi connectivity index (χ2n) is 4.29. The number of thiophene rings is 1. The molecule has 0 radical (unpaired) electrons. The minimum Gasteiger partial charge on any atom is -0.310 e. The lowest BCUT2D eigenvalue weighted by atomic mass is 10.3. The van der Waals surface area contributed by atoms with E-state index in [1.54, 1.807) is 15.9 Å². The first-order chi connectivity index (χ1) is 9.09. The largest absolute Gasteiger partial charge is 0.348 e. The van der Waals surface area contributed by atoms with Crippen LogP contribution in [0.4, 0.5) is 0 Å². The Bertz CT molecular complexity index is 607. The van der Waals surface area contributed by atoms with Gasteiger partial charge in [0.15, 0.2) is 0 Å². The molecule has 19 heavy (non-hydrogen) atoms. The van der Waals surface area contributed by atoms with Crippen LogP contribution in [0.25, 0.3) is 0 Å². The number of aryl methyl sites for hydroxylation is 1. The molecule has 0 aliphatic carbocycles. The van der Waals surface area contributed by atoms with E-state index in [0.29, 0.717) is 6.54 Å². The zero-order valence-corrected chi connectivity index (χ0v) is 13.3. The van der Waals surface area contributed by atoms with Crippen LogP contribution in [0.3, 0.4) is 0 Å². The van der Waals surface area contributed by atoms with Gasteiger partial charge in [-0.2, -0.15) is 4.98 Å². The molecule has 4 nitrogen and oxygen atoms in total. The van der Waals surface area contributed by atoms with Crippen LogP contribution in [0.5, 0.6) is 0 Å². The summed E-state index contributed by atoms with van der Waals surface area (Å²) in [6.07, 6.45) is 0. The summed E-state index contributed by atoms with van der Waals surface area (Å²) in [6, 6.07) is 4.14. The van der Waals surface area contributed by atoms with E-state index in [1.807, 2.05) is 19.9 Å². The molecule has 2 aromatic heterocycles. The van der Waals surface area contributed by atoms with Crippen LogP contribution in [0.2, 0.25) is 0 Å². The molecule has 0 aliphatic rings. The van der Waals surface area contributed by atoms with Gasteiger partial charge >= 0.3 is 5.69 Å². The molecule has 0 atom stereocenters. The van der Waals surface area contributed by atoms with E-state index in [4.69, 9.17) is 0 Å². The van der Waals surface area contributed by atoms with Crippen molar-refractivity contribution in [3.63, 3.8) is 0 Å². The summed E-state index contributed by atoms with van der Waals surface area (Å²) in [5.41, 5.74) is 1.48. The third-order valence-corrected chi connectivity index (χ3v) is 4.95. The fourth-order valence-corrected chi connectivity index (χ4v) is 2.83. The highest BCUT2D eigenvalue weighted by atomic mass is 79.9. The number of nitrogens with one attached hydrogen (secondary N) is 1. The van der Waals surface area contributed by atoms with Gasteiger partial charge in [0, 0.05) is 30.2 Å². The summed E-state index contributed by atoms with van der Waals surface area (Å²) in [6.45, 7) is 5.97. The average Bonchev–Trinajstić information content (AvgIpc) is 2.88. The van der Waals surface area contributed by atoms with Crippen LogP contribution in [0.15, 0.2) is 26.8 Å². The smallest absolute Gasteiger partial charge is 0.310 e. The Morgan fingerprint density at radius 3 is 2.95 bits per heavy atom. The van der Waals surface area contributed by atoms with Crippen molar-refractivity contribution in [1.82, 2.24) is 14.9 Å². The molecule has 2 heterocycles. The Hall–Kier alpha value is -0.980. The highest BCUT2D eigenvalue weighted by Gasteiger charge is 2.08. The molecule has 0 amide bonds. The van der Waals surface area contributed by atoms with E-state index in [0.717, 1.165) is 29.0 Å². The molecule has 0 fully saturated rings. The quantitative estimate of drug-likeness (QED) is 0.850. The molecule has 6 heteroatoms. The molecular formula is C13H16BrN3OS. The lowest BCUT2D eigenvalue weighted by Crippen LogP contribution is -2.30. The number of rotatable bonds is 5. The number of hydrogen-bond donors (Lipinski definition) is 1. The number of nitrogens with zero attached hydrogens (tertiary/aromatic N) is 2. The van der Waals surface area contributed by atoms with E-state index < -0.39 is 0 Å². The summed E-state index contributed by atoms with van der Waals surface area (Å²) in [7, 11) is 0. The number of hydrogen-bond acceptors (Lipinski definition) is 4. The first-order valence-electron chi connectivity index (χ1n) is 6.06. The van der Waals surface area contributed by atoms with Crippen molar-refractivity contribution in [2.45, 2.75) is 26.9 Å². The molecule has 102 valence electrons. The number of aromatic nitrogens is 2. The molecule has 0 saturated carbocycles. The minimum atomic E-state index is -0.184. The molecule has 0 aliphatic heterocycles. The molecule has 0 aromatic carbocycles. The molecule has 0 unspecified atom stereocenters. The predicted molar refractivity (Wildman–Crippen MR) is 81.7 cm³/mol. The van der Waals surface area contributed by atoms with Crippen LogP contribution in [0.1, 0.15) is 16.3 Å². The first-order valence-corrected chi connectivity index (χ1v) is 7.73. The molecule has 2 rings (SSSR count). The van der Waals surface area contributed by atoms with Crippen molar-refractivity contribution >= 4 is 27.3 Å². The molecule has 0 saturated heterocycles. The van der Waals surface area contributed by atoms with Crippen molar-refractivity contribution in [3.05, 3.63) is 48.7 Å². The maximum Gasteiger partial charge on any atom is 0.348 e. The summed E-state index contributed by atoms with van der Waals surface area (Å²) < 4.78 is 2.60. The summed E-state index contributed by atoms with van der Waals surface area (Å²) in [5.74, 6) is 0. The van der Waals surface area contributed by atoms with Gasteiger partial charge in [0.25, 0.3) is 0 Å². The Balaban J connectivity index is 1.96. The van der Waals surface area contributed by atoms with Crippen LogP contribution in [-0.2, 0) is 13.1 Å². The van der Waals surface area contributed by atoms with E-state index in [-0.39, 0.29) is 5.69 Å². The zero-order valence-electron chi connectivity index (χ0n) is 10.9. The van der Waals surface area contributed by atoms with Gasteiger partial charge in [-0.3, -0.25) is 4.57 Å². The molecule has 2 aromatic rings. The van der Waals surface area contributed by atoms with Crippen LogP contribution < -0.4 is 11.0 Å². The van der Waals surface area contributed by atoms with Crippen molar-refractivity contribution in [2.75, 3.05) is 6.54 Å². The van der Waals surface area contributed by atoms with Crippen molar-refractivity contribution in [2.24, 2.45) is 0 Å². The van der Waals surface area contributed by atoms with Crippen molar-refractivity contribution in [1.29, 1.82) is 0 Å². The molecule has 0 bridgehead atoms. The fraction of sp³-hybridized carbons (Fsp3) is 0.385. The minimum absolute atomic E-state index is 0.184. The van der Waals surface area contributed by atoms with E-state index in [1.165, 1.54) is 4.88 Å². The predicted octanol–water partition coefficient (Wildman–Crippen LogP) is 2.47. The monoisotopic (exact) mass is 341 g/mol. The van der Waals surface area contributed by atoms with Gasteiger partial charge in [0.2, 0.25) is 0 Å². The van der Waals surface area contributed by atoms with Gasteiger partial charge in [0.1, 0.15) is 0 Å². The van der Waals surface area contributed by atoms with E-state index in [9.17, 15) is 4.79 Å². The summed E-state index contributed by atoms with van der Waals surface area (Å²) in [4.78, 5) is 17.1. The fourth-order valence-electron chi connectivity index (χ4n) is 1.86. The van der Waals surface area contributed by atoms with Gasteiger partial charge in [-0.1, -0.05) is 6.07 Å². The second-order valence-corrected chi connectivity index (χ2v) is 6.11. The average molecular weight is 342 g/mol. The zero-order chi connectivity index (χ0) is 13.8. The highest BCUT2D eigenvalue weighted by Crippen LogP contribution is 2.16. The maximum absolute atomic E-state index is 11.8. The third-order valence-electron chi connectivity index (χ3n) is 2.93. The van der Waals surface area contributed by atoms with Crippen LogP contribution in [0, 0.1) is 13.8 Å². The highest BCUT2D eigenvalue weighted by molar-refractivity contribution is 9.10. The normalized spacial score (nSPS) is 10.9. The van der Waals surface area contributed by atoms with Gasteiger partial charge in [0.05, 0.1) is 10.2 Å². The topological polar surface area (TPSA) is 46.9 Å². The van der Waals surface area contributed by atoms with Crippen LogP contribution in [-0.4, -0.2) is 16.1 Å². The Labute approximate surface area is 124 Å². The first kappa shape index (κ1) is 14.4. The Morgan fingerprint density at radius 1 is 1.47 bits per heavy atom. The van der Waals surface area contributed by atoms with Gasteiger partial charge in [-0.05, 0) is 41.2 Å². The lowest BCUT2D eigenvalue weighted by molar-refractivity contribution is 0.563. The SMILES string of the molecule is Cc1nc(=O)n(CCNCc2cccs2)c(C)c1Br. The maximum atomic E-state index is 11.8. The van der Waals surface area contributed by atoms with Gasteiger partial charge in [-0.25, -0.2) is 4.79 Å². The number of halogens is 1. The summed E-state index contributed by atoms with van der Waals surface area (Å²) in [5, 5.41) is 5.39. The van der Waals surface area contributed by atoms with E-state index >= 15 is 0 Å². The van der Waals surface area contributed by atoms with E-state index in [2.05, 4.69) is 37.7 Å². The van der Waals surface area contributed by atoms with Crippen molar-refractivity contribution in [3.8, 4) is 0 Å². The summed E-state index contributed by atoms with van der Waals surface area (Å²) >= 11 is 5.19. The van der Waals surface area contributed by atoms with Gasteiger partial charge < -0.3 is 5.32 Å². The van der Waals surface area contributed by atoms with Crippen molar-refractivity contribution < 1.29 is 0 Å².